The molecule has 0 saturated heterocycles. The van der Waals surface area contributed by atoms with Gasteiger partial charge in [0, 0.05) is 31.0 Å². The molecular formula is C21H21FN4O4S. The molecule has 3 rings (SSSR count). The molecule has 162 valence electrons. The minimum absolute atomic E-state index is 0.0493. The van der Waals surface area contributed by atoms with E-state index in [-0.39, 0.29) is 50.2 Å². The van der Waals surface area contributed by atoms with Crippen LogP contribution >= 0.6 is 11.3 Å². The van der Waals surface area contributed by atoms with Crippen LogP contribution in [0.25, 0.3) is 0 Å². The first-order valence-corrected chi connectivity index (χ1v) is 10.4. The van der Waals surface area contributed by atoms with E-state index in [0.29, 0.717) is 16.5 Å². The molecule has 0 bridgehead atoms. The van der Waals surface area contributed by atoms with Gasteiger partial charge in [0.25, 0.3) is 0 Å². The number of carbonyl (C=O) groups is 3. The molecule has 0 aliphatic heterocycles. The van der Waals surface area contributed by atoms with Crippen LogP contribution < -0.4 is 10.6 Å². The average molecular weight is 444 g/mol. The smallest absolute Gasteiger partial charge is 0.240 e. The van der Waals surface area contributed by atoms with Crippen molar-refractivity contribution in [2.45, 2.75) is 25.9 Å². The standard InChI is InChI=1S/C21H21FN4O4S/c22-16-5-3-15(4-6-16)13-26(14-19(28)24-12-17-2-1-10-30-17)20(29)8-7-18(27)25-21-23-9-11-31-21/h1-6,9-11H,7-8,12-14H2,(H,24,28)(H,23,25,27). The van der Waals surface area contributed by atoms with Crippen molar-refractivity contribution in [3.63, 3.8) is 0 Å². The van der Waals surface area contributed by atoms with Crippen molar-refractivity contribution in [2.24, 2.45) is 0 Å². The summed E-state index contributed by atoms with van der Waals surface area (Å²) in [5.41, 5.74) is 0.667. The van der Waals surface area contributed by atoms with Crippen molar-refractivity contribution >= 4 is 34.2 Å². The van der Waals surface area contributed by atoms with E-state index in [1.54, 1.807) is 35.8 Å². The van der Waals surface area contributed by atoms with Crippen molar-refractivity contribution in [3.8, 4) is 0 Å². The highest BCUT2D eigenvalue weighted by atomic mass is 32.1. The van der Waals surface area contributed by atoms with E-state index in [1.807, 2.05) is 0 Å². The minimum atomic E-state index is -0.392. The molecule has 2 heterocycles. The largest absolute Gasteiger partial charge is 0.467 e. The number of hydrogen-bond donors (Lipinski definition) is 2. The highest BCUT2D eigenvalue weighted by molar-refractivity contribution is 7.13. The lowest BCUT2D eigenvalue weighted by atomic mass is 10.2. The molecule has 0 unspecified atom stereocenters. The van der Waals surface area contributed by atoms with Crippen molar-refractivity contribution in [1.29, 1.82) is 0 Å². The fourth-order valence-electron chi connectivity index (χ4n) is 2.72. The lowest BCUT2D eigenvalue weighted by Gasteiger charge is -2.22. The number of furan rings is 1. The van der Waals surface area contributed by atoms with Gasteiger partial charge in [-0.15, -0.1) is 11.3 Å². The number of thiazole rings is 1. The number of rotatable bonds is 10. The normalized spacial score (nSPS) is 10.5. The first-order valence-electron chi connectivity index (χ1n) is 9.50. The Balaban J connectivity index is 1.57. The van der Waals surface area contributed by atoms with Crippen LogP contribution in [0, 0.1) is 5.82 Å². The molecule has 0 saturated carbocycles. The predicted molar refractivity (Wildman–Crippen MR) is 112 cm³/mol. The minimum Gasteiger partial charge on any atom is -0.467 e. The first kappa shape index (κ1) is 22.2. The lowest BCUT2D eigenvalue weighted by Crippen LogP contribution is -2.40. The summed E-state index contributed by atoms with van der Waals surface area (Å²) in [5.74, 6) is -0.890. The Morgan fingerprint density at radius 3 is 2.58 bits per heavy atom. The van der Waals surface area contributed by atoms with E-state index in [4.69, 9.17) is 4.42 Å². The molecule has 2 N–H and O–H groups in total. The number of benzene rings is 1. The molecule has 0 fully saturated rings. The summed E-state index contributed by atoms with van der Waals surface area (Å²) in [6.45, 7) is 0.104. The van der Waals surface area contributed by atoms with Crippen LogP contribution in [-0.4, -0.2) is 34.2 Å². The SMILES string of the molecule is O=C(CN(Cc1ccc(F)cc1)C(=O)CCC(=O)Nc1nccs1)NCc1ccco1. The van der Waals surface area contributed by atoms with E-state index in [9.17, 15) is 18.8 Å². The zero-order valence-electron chi connectivity index (χ0n) is 16.5. The number of carbonyl (C=O) groups excluding carboxylic acids is 3. The molecular weight excluding hydrogens is 423 g/mol. The molecule has 0 aliphatic rings. The highest BCUT2D eigenvalue weighted by Gasteiger charge is 2.19. The van der Waals surface area contributed by atoms with Crippen LogP contribution in [0.15, 0.2) is 58.7 Å². The summed E-state index contributed by atoms with van der Waals surface area (Å²) in [6, 6.07) is 9.11. The van der Waals surface area contributed by atoms with Gasteiger partial charge in [0.2, 0.25) is 17.7 Å². The second-order valence-electron chi connectivity index (χ2n) is 6.62. The summed E-state index contributed by atoms with van der Waals surface area (Å²) in [7, 11) is 0. The fourth-order valence-corrected chi connectivity index (χ4v) is 3.26. The van der Waals surface area contributed by atoms with Crippen LogP contribution in [0.4, 0.5) is 9.52 Å². The van der Waals surface area contributed by atoms with Gasteiger partial charge < -0.3 is 20.0 Å². The van der Waals surface area contributed by atoms with Crippen LogP contribution in [0.2, 0.25) is 0 Å². The number of hydrogen-bond acceptors (Lipinski definition) is 6. The van der Waals surface area contributed by atoms with Crippen molar-refractivity contribution < 1.29 is 23.2 Å². The Hall–Kier alpha value is -3.53. The van der Waals surface area contributed by atoms with Gasteiger partial charge in [-0.1, -0.05) is 12.1 Å². The quantitative estimate of drug-likeness (QED) is 0.500. The zero-order chi connectivity index (χ0) is 22.1. The third-order valence-corrected chi connectivity index (χ3v) is 4.95. The third-order valence-electron chi connectivity index (χ3n) is 4.26. The molecule has 8 nitrogen and oxygen atoms in total. The van der Waals surface area contributed by atoms with Gasteiger partial charge >= 0.3 is 0 Å². The van der Waals surface area contributed by atoms with Crippen LogP contribution in [0.5, 0.6) is 0 Å². The lowest BCUT2D eigenvalue weighted by molar-refractivity contribution is -0.137. The van der Waals surface area contributed by atoms with Gasteiger partial charge in [0.05, 0.1) is 19.4 Å². The van der Waals surface area contributed by atoms with E-state index in [2.05, 4.69) is 15.6 Å². The molecule has 31 heavy (non-hydrogen) atoms. The molecule has 1 aromatic carbocycles. The number of aromatic nitrogens is 1. The van der Waals surface area contributed by atoms with E-state index in [1.165, 1.54) is 34.6 Å². The van der Waals surface area contributed by atoms with Crippen molar-refractivity contribution in [1.82, 2.24) is 15.2 Å². The second kappa shape index (κ2) is 11.0. The number of nitrogens with one attached hydrogen (secondary N) is 2. The molecule has 0 radical (unpaired) electrons. The van der Waals surface area contributed by atoms with Crippen molar-refractivity contribution in [3.05, 3.63) is 71.4 Å². The molecule has 3 amide bonds. The van der Waals surface area contributed by atoms with Gasteiger partial charge in [-0.05, 0) is 29.8 Å². The summed E-state index contributed by atoms with van der Waals surface area (Å²) < 4.78 is 18.4. The van der Waals surface area contributed by atoms with Crippen LogP contribution in [0.1, 0.15) is 24.2 Å². The Morgan fingerprint density at radius 2 is 1.90 bits per heavy atom. The monoisotopic (exact) mass is 444 g/mol. The molecule has 2 aromatic heterocycles. The summed E-state index contributed by atoms with van der Waals surface area (Å²) in [5, 5.41) is 7.49. The topological polar surface area (TPSA) is 105 Å². The summed E-state index contributed by atoms with van der Waals surface area (Å²) in [6.07, 6.45) is 2.94. The number of nitrogens with zero attached hydrogens (tertiary/aromatic N) is 2. The number of halogens is 1. The Labute approximate surface area is 182 Å². The first-order chi connectivity index (χ1) is 15.0. The molecule has 0 spiro atoms. The second-order valence-corrected chi connectivity index (χ2v) is 7.51. The van der Waals surface area contributed by atoms with E-state index in [0.717, 1.165) is 0 Å². The molecule has 0 aliphatic carbocycles. The van der Waals surface area contributed by atoms with Gasteiger partial charge in [-0.2, -0.15) is 0 Å². The van der Waals surface area contributed by atoms with E-state index < -0.39 is 5.82 Å². The molecule has 3 aromatic rings. The van der Waals surface area contributed by atoms with Gasteiger partial charge in [-0.25, -0.2) is 9.37 Å². The highest BCUT2D eigenvalue weighted by Crippen LogP contribution is 2.12. The Kier molecular flexibility index (Phi) is 7.88. The maximum Gasteiger partial charge on any atom is 0.240 e. The zero-order valence-corrected chi connectivity index (χ0v) is 17.4. The van der Waals surface area contributed by atoms with Crippen LogP contribution in [0.3, 0.4) is 0 Å². The number of amides is 3. The van der Waals surface area contributed by atoms with Crippen LogP contribution in [-0.2, 0) is 27.5 Å². The maximum atomic E-state index is 13.2. The molecule has 0 atom stereocenters. The summed E-state index contributed by atoms with van der Waals surface area (Å²) >= 11 is 1.28. The fraction of sp³-hybridized carbons (Fsp3) is 0.238. The van der Waals surface area contributed by atoms with E-state index >= 15 is 0 Å². The number of anilines is 1. The molecule has 10 heteroatoms. The third kappa shape index (κ3) is 7.34. The average Bonchev–Trinajstić information content (AvgIpc) is 3.46. The van der Waals surface area contributed by atoms with Crippen molar-refractivity contribution in [2.75, 3.05) is 11.9 Å². The van der Waals surface area contributed by atoms with Gasteiger partial charge in [-0.3, -0.25) is 14.4 Å². The predicted octanol–water partition coefficient (Wildman–Crippen LogP) is 2.94. The maximum absolute atomic E-state index is 13.2. The summed E-state index contributed by atoms with van der Waals surface area (Å²) in [4.78, 5) is 42.4. The van der Waals surface area contributed by atoms with Gasteiger partial charge in [0.1, 0.15) is 11.6 Å². The Morgan fingerprint density at radius 1 is 1.10 bits per heavy atom. The van der Waals surface area contributed by atoms with Gasteiger partial charge in [0.15, 0.2) is 5.13 Å². The Bertz CT molecular complexity index is 991.